The SMILES string of the molecule is CNC(=O)Nc1ccc(Cl)c(N)c1. The van der Waals surface area contributed by atoms with E-state index in [1.54, 1.807) is 18.2 Å². The molecule has 5 heteroatoms. The summed E-state index contributed by atoms with van der Waals surface area (Å²) in [6, 6.07) is 4.61. The molecule has 0 spiro atoms. The summed E-state index contributed by atoms with van der Waals surface area (Å²) in [6.07, 6.45) is 0. The van der Waals surface area contributed by atoms with Crippen molar-refractivity contribution in [3.63, 3.8) is 0 Å². The molecule has 70 valence electrons. The maximum absolute atomic E-state index is 10.9. The smallest absolute Gasteiger partial charge is 0.318 e. The molecule has 0 heterocycles. The predicted molar refractivity (Wildman–Crippen MR) is 53.9 cm³/mol. The van der Waals surface area contributed by atoms with Gasteiger partial charge in [0.25, 0.3) is 0 Å². The predicted octanol–water partition coefficient (Wildman–Crippen LogP) is 1.67. The molecule has 0 atom stereocenters. The number of urea groups is 1. The molecule has 0 aliphatic rings. The van der Waals surface area contributed by atoms with Gasteiger partial charge in [-0.15, -0.1) is 0 Å². The van der Waals surface area contributed by atoms with E-state index in [0.29, 0.717) is 16.4 Å². The highest BCUT2D eigenvalue weighted by molar-refractivity contribution is 6.33. The Labute approximate surface area is 81.1 Å². The van der Waals surface area contributed by atoms with Gasteiger partial charge in [0.1, 0.15) is 0 Å². The average Bonchev–Trinajstić information content (AvgIpc) is 2.11. The Bertz CT molecular complexity index is 327. The lowest BCUT2D eigenvalue weighted by Gasteiger charge is -2.05. The fraction of sp³-hybridized carbons (Fsp3) is 0.125. The number of nitrogens with two attached hydrogens (primary N) is 1. The fourth-order valence-corrected chi connectivity index (χ4v) is 0.933. The molecule has 0 aliphatic carbocycles. The Kier molecular flexibility index (Phi) is 2.97. The number of rotatable bonds is 1. The van der Waals surface area contributed by atoms with Crippen LogP contribution in [-0.2, 0) is 0 Å². The van der Waals surface area contributed by atoms with Crippen LogP contribution in [0.25, 0.3) is 0 Å². The molecule has 2 amide bonds. The maximum atomic E-state index is 10.9. The van der Waals surface area contributed by atoms with Crippen molar-refractivity contribution in [2.75, 3.05) is 18.1 Å². The molecule has 0 aromatic heterocycles. The van der Waals surface area contributed by atoms with Crippen LogP contribution in [-0.4, -0.2) is 13.1 Å². The number of hydrogen-bond donors (Lipinski definition) is 3. The van der Waals surface area contributed by atoms with Crippen molar-refractivity contribution in [3.05, 3.63) is 23.2 Å². The lowest BCUT2D eigenvalue weighted by molar-refractivity contribution is 0.254. The van der Waals surface area contributed by atoms with Crippen LogP contribution in [0.3, 0.4) is 0 Å². The van der Waals surface area contributed by atoms with Gasteiger partial charge in [0.2, 0.25) is 0 Å². The Balaban J connectivity index is 2.79. The monoisotopic (exact) mass is 199 g/mol. The van der Waals surface area contributed by atoms with Gasteiger partial charge >= 0.3 is 6.03 Å². The largest absolute Gasteiger partial charge is 0.397 e. The minimum Gasteiger partial charge on any atom is -0.397 e. The van der Waals surface area contributed by atoms with Crippen LogP contribution in [0.1, 0.15) is 0 Å². The van der Waals surface area contributed by atoms with Gasteiger partial charge in [0.15, 0.2) is 0 Å². The van der Waals surface area contributed by atoms with Gasteiger partial charge in [-0.05, 0) is 18.2 Å². The van der Waals surface area contributed by atoms with E-state index in [4.69, 9.17) is 17.3 Å². The molecule has 0 fully saturated rings. The number of halogens is 1. The molecular weight excluding hydrogens is 190 g/mol. The Morgan fingerprint density at radius 1 is 1.54 bits per heavy atom. The first-order valence-electron chi connectivity index (χ1n) is 3.67. The van der Waals surface area contributed by atoms with Gasteiger partial charge in [-0.25, -0.2) is 4.79 Å². The lowest BCUT2D eigenvalue weighted by atomic mass is 10.3. The molecule has 0 aliphatic heterocycles. The molecule has 1 aromatic carbocycles. The molecule has 1 rings (SSSR count). The van der Waals surface area contributed by atoms with Crippen molar-refractivity contribution >= 4 is 29.0 Å². The van der Waals surface area contributed by atoms with Crippen molar-refractivity contribution in [1.82, 2.24) is 5.32 Å². The zero-order valence-electron chi connectivity index (χ0n) is 7.10. The second kappa shape index (κ2) is 4.00. The lowest BCUT2D eigenvalue weighted by Crippen LogP contribution is -2.24. The van der Waals surface area contributed by atoms with Crippen molar-refractivity contribution in [2.45, 2.75) is 0 Å². The van der Waals surface area contributed by atoms with Crippen LogP contribution >= 0.6 is 11.6 Å². The zero-order valence-corrected chi connectivity index (χ0v) is 7.85. The topological polar surface area (TPSA) is 67.2 Å². The third-order valence-electron chi connectivity index (χ3n) is 1.48. The van der Waals surface area contributed by atoms with Gasteiger partial charge in [0.05, 0.1) is 10.7 Å². The molecule has 0 radical (unpaired) electrons. The van der Waals surface area contributed by atoms with Gasteiger partial charge in [-0.1, -0.05) is 11.6 Å². The fourth-order valence-electron chi connectivity index (χ4n) is 0.815. The number of carbonyl (C=O) groups excluding carboxylic acids is 1. The highest BCUT2D eigenvalue weighted by atomic mass is 35.5. The van der Waals surface area contributed by atoms with E-state index >= 15 is 0 Å². The second-order valence-electron chi connectivity index (χ2n) is 2.44. The van der Waals surface area contributed by atoms with Crippen LogP contribution in [0.5, 0.6) is 0 Å². The molecule has 4 nitrogen and oxygen atoms in total. The molecule has 0 saturated heterocycles. The van der Waals surface area contributed by atoms with E-state index in [2.05, 4.69) is 10.6 Å². The summed E-state index contributed by atoms with van der Waals surface area (Å²) in [4.78, 5) is 10.9. The first-order chi connectivity index (χ1) is 6.13. The summed E-state index contributed by atoms with van der Waals surface area (Å²) < 4.78 is 0. The van der Waals surface area contributed by atoms with Crippen LogP contribution < -0.4 is 16.4 Å². The van der Waals surface area contributed by atoms with E-state index in [1.165, 1.54) is 7.05 Å². The summed E-state index contributed by atoms with van der Waals surface area (Å²) >= 11 is 5.70. The second-order valence-corrected chi connectivity index (χ2v) is 2.85. The normalized spacial score (nSPS) is 9.38. The number of nitrogen functional groups attached to an aromatic ring is 1. The molecule has 4 N–H and O–H groups in total. The summed E-state index contributed by atoms with van der Waals surface area (Å²) in [5.41, 5.74) is 6.59. The molecule has 0 bridgehead atoms. The van der Waals surface area contributed by atoms with E-state index in [9.17, 15) is 4.79 Å². The van der Waals surface area contributed by atoms with E-state index in [0.717, 1.165) is 0 Å². The third kappa shape index (κ3) is 2.52. The van der Waals surface area contributed by atoms with Crippen molar-refractivity contribution in [3.8, 4) is 0 Å². The zero-order chi connectivity index (χ0) is 9.84. The molecule has 1 aromatic rings. The van der Waals surface area contributed by atoms with E-state index in [1.807, 2.05) is 0 Å². The molecule has 0 saturated carbocycles. The van der Waals surface area contributed by atoms with Gasteiger partial charge in [-0.2, -0.15) is 0 Å². The number of hydrogen-bond acceptors (Lipinski definition) is 2. The van der Waals surface area contributed by atoms with Crippen LogP contribution in [0, 0.1) is 0 Å². The van der Waals surface area contributed by atoms with Crippen LogP contribution in [0.4, 0.5) is 16.2 Å². The molecule has 13 heavy (non-hydrogen) atoms. The number of carbonyl (C=O) groups is 1. The number of amides is 2. The number of benzene rings is 1. The number of anilines is 2. The highest BCUT2D eigenvalue weighted by Crippen LogP contribution is 2.21. The molecule has 0 unspecified atom stereocenters. The van der Waals surface area contributed by atoms with Gasteiger partial charge in [-0.3, -0.25) is 0 Å². The molecular formula is C8H10ClN3O. The van der Waals surface area contributed by atoms with Gasteiger partial charge < -0.3 is 16.4 Å². The average molecular weight is 200 g/mol. The minimum atomic E-state index is -0.290. The standard InChI is InChI=1S/C8H10ClN3O/c1-11-8(13)12-5-2-3-6(9)7(10)4-5/h2-4H,10H2,1H3,(H2,11,12,13). The van der Waals surface area contributed by atoms with E-state index < -0.39 is 0 Å². The Morgan fingerprint density at radius 3 is 2.77 bits per heavy atom. The van der Waals surface area contributed by atoms with Crippen molar-refractivity contribution in [1.29, 1.82) is 0 Å². The summed E-state index contributed by atoms with van der Waals surface area (Å²) in [5, 5.41) is 5.47. The first kappa shape index (κ1) is 9.67. The van der Waals surface area contributed by atoms with Gasteiger partial charge in [0, 0.05) is 12.7 Å². The number of nitrogens with one attached hydrogen (secondary N) is 2. The van der Waals surface area contributed by atoms with Crippen LogP contribution in [0.2, 0.25) is 5.02 Å². The summed E-state index contributed by atoms with van der Waals surface area (Å²) in [5.74, 6) is 0. The highest BCUT2D eigenvalue weighted by Gasteiger charge is 2.00. The maximum Gasteiger partial charge on any atom is 0.318 e. The summed E-state index contributed by atoms with van der Waals surface area (Å²) in [6.45, 7) is 0. The Hall–Kier alpha value is -1.42. The Morgan fingerprint density at radius 2 is 2.23 bits per heavy atom. The quantitative estimate of drug-likeness (QED) is 0.603. The van der Waals surface area contributed by atoms with Crippen molar-refractivity contribution in [2.24, 2.45) is 0 Å². The van der Waals surface area contributed by atoms with Crippen LogP contribution in [0.15, 0.2) is 18.2 Å². The van der Waals surface area contributed by atoms with E-state index in [-0.39, 0.29) is 6.03 Å². The first-order valence-corrected chi connectivity index (χ1v) is 4.05. The third-order valence-corrected chi connectivity index (χ3v) is 1.83. The minimum absolute atomic E-state index is 0.290. The van der Waals surface area contributed by atoms with Crippen molar-refractivity contribution < 1.29 is 4.79 Å². The summed E-state index contributed by atoms with van der Waals surface area (Å²) in [7, 11) is 1.54.